The van der Waals surface area contributed by atoms with E-state index in [1.54, 1.807) is 0 Å². The summed E-state index contributed by atoms with van der Waals surface area (Å²) in [6.07, 6.45) is 1.04. The van der Waals surface area contributed by atoms with Crippen LogP contribution in [-0.2, 0) is 10.0 Å². The summed E-state index contributed by atoms with van der Waals surface area (Å²) in [4.78, 5) is 16.9. The Morgan fingerprint density at radius 2 is 1.97 bits per heavy atom. The largest absolute Gasteiger partial charge is 0.357 e. The van der Waals surface area contributed by atoms with Gasteiger partial charge in [-0.1, -0.05) is 36.4 Å². The van der Waals surface area contributed by atoms with Gasteiger partial charge in [0.2, 0.25) is 10.0 Å². The normalized spacial score (nSPS) is 16.5. The Bertz CT molecular complexity index is 1030. The Labute approximate surface area is 205 Å². The molecule has 2 aromatic carbocycles. The molecule has 174 valence electrons. The van der Waals surface area contributed by atoms with Gasteiger partial charge in [0.25, 0.3) is 5.69 Å². The van der Waals surface area contributed by atoms with Gasteiger partial charge in [0.1, 0.15) is 0 Å². The molecule has 0 amide bonds. The number of nitro benzene ring substituents is 1. The van der Waals surface area contributed by atoms with Crippen molar-refractivity contribution in [3.63, 3.8) is 0 Å². The second kappa shape index (κ2) is 12.1. The molecule has 0 saturated carbocycles. The number of nitrogens with one attached hydrogen (secondary N) is 2. The van der Waals surface area contributed by atoms with Crippen LogP contribution in [0.4, 0.5) is 5.69 Å². The summed E-state index contributed by atoms with van der Waals surface area (Å²) in [6.45, 7) is 4.79. The van der Waals surface area contributed by atoms with Crippen LogP contribution in [0, 0.1) is 10.1 Å². The van der Waals surface area contributed by atoms with Crippen molar-refractivity contribution in [2.24, 2.45) is 4.99 Å². The van der Waals surface area contributed by atoms with Crippen LogP contribution in [0.2, 0.25) is 0 Å². The number of hydrogen-bond donors (Lipinski definition) is 2. The lowest BCUT2D eigenvalue weighted by Crippen LogP contribution is -2.40. The smallest absolute Gasteiger partial charge is 0.270 e. The van der Waals surface area contributed by atoms with Gasteiger partial charge in [-0.15, -0.1) is 24.0 Å². The van der Waals surface area contributed by atoms with Crippen molar-refractivity contribution in [1.82, 2.24) is 14.9 Å². The number of halogens is 1. The van der Waals surface area contributed by atoms with E-state index in [0.29, 0.717) is 12.5 Å². The minimum absolute atomic E-state index is 0. The first kappa shape index (κ1) is 26.0. The number of likely N-dealkylation sites (tertiary alicyclic amines) is 1. The molecular formula is C21H28IN5O4S. The summed E-state index contributed by atoms with van der Waals surface area (Å²) in [5, 5.41) is 14.1. The third kappa shape index (κ3) is 6.87. The second-order valence-corrected chi connectivity index (χ2v) is 9.00. The molecule has 9 nitrogen and oxygen atoms in total. The average molecular weight is 573 g/mol. The Hall–Kier alpha value is -2.25. The molecule has 1 saturated heterocycles. The van der Waals surface area contributed by atoms with Crippen LogP contribution < -0.4 is 10.0 Å². The monoisotopic (exact) mass is 573 g/mol. The van der Waals surface area contributed by atoms with Gasteiger partial charge in [-0.3, -0.25) is 15.1 Å². The zero-order valence-electron chi connectivity index (χ0n) is 17.8. The minimum Gasteiger partial charge on any atom is -0.357 e. The molecule has 2 aromatic rings. The molecule has 1 fully saturated rings. The first-order valence-corrected chi connectivity index (χ1v) is 11.7. The standard InChI is InChI=1S/C21H27N5O4S.HI/c1-2-22-21(25-14-11-18(16-25)17-7-4-3-5-8-17)23-12-13-24-31(29,30)20-10-6-9-19(15-20)26(27)28;/h3-10,15,18,24H,2,11-14,16H2,1H3,(H,22,23);1H. The van der Waals surface area contributed by atoms with E-state index in [9.17, 15) is 18.5 Å². The minimum atomic E-state index is -3.85. The van der Waals surface area contributed by atoms with Crippen molar-refractivity contribution in [2.45, 2.75) is 24.2 Å². The lowest BCUT2D eigenvalue weighted by atomic mass is 9.99. The fourth-order valence-electron chi connectivity index (χ4n) is 3.57. The SMILES string of the molecule is CCNC(=NCCNS(=O)(=O)c1cccc([N+](=O)[O-])c1)N1CCC(c2ccccc2)C1.I. The van der Waals surface area contributed by atoms with E-state index in [1.807, 2.05) is 25.1 Å². The fraction of sp³-hybridized carbons (Fsp3) is 0.381. The summed E-state index contributed by atoms with van der Waals surface area (Å²) in [7, 11) is -3.85. The van der Waals surface area contributed by atoms with E-state index < -0.39 is 14.9 Å². The van der Waals surface area contributed by atoms with Gasteiger partial charge in [-0.2, -0.15) is 0 Å². The van der Waals surface area contributed by atoms with Gasteiger partial charge in [0.05, 0.1) is 16.4 Å². The van der Waals surface area contributed by atoms with Crippen molar-refractivity contribution in [1.29, 1.82) is 0 Å². The maximum atomic E-state index is 12.4. The summed E-state index contributed by atoms with van der Waals surface area (Å²) in [6, 6.07) is 15.4. The quantitative estimate of drug-likeness (QED) is 0.125. The number of sulfonamides is 1. The molecule has 1 aliphatic heterocycles. The molecule has 11 heteroatoms. The zero-order chi connectivity index (χ0) is 22.3. The molecule has 0 spiro atoms. The van der Waals surface area contributed by atoms with Gasteiger partial charge in [-0.05, 0) is 25.0 Å². The lowest BCUT2D eigenvalue weighted by Gasteiger charge is -2.21. The molecule has 0 aliphatic carbocycles. The van der Waals surface area contributed by atoms with E-state index in [0.717, 1.165) is 31.5 Å². The van der Waals surface area contributed by atoms with E-state index in [4.69, 9.17) is 0 Å². The van der Waals surface area contributed by atoms with Crippen LogP contribution in [0.1, 0.15) is 24.8 Å². The first-order chi connectivity index (χ1) is 14.9. The van der Waals surface area contributed by atoms with Gasteiger partial charge in [0, 0.05) is 44.2 Å². The molecule has 2 N–H and O–H groups in total. The van der Waals surface area contributed by atoms with Crippen LogP contribution in [0.5, 0.6) is 0 Å². The number of hydrogen-bond acceptors (Lipinski definition) is 5. The second-order valence-electron chi connectivity index (χ2n) is 7.23. The zero-order valence-corrected chi connectivity index (χ0v) is 21.0. The third-order valence-corrected chi connectivity index (χ3v) is 6.56. The number of non-ortho nitro benzene ring substituents is 1. The number of nitrogens with zero attached hydrogens (tertiary/aromatic N) is 3. The van der Waals surface area contributed by atoms with Gasteiger partial charge in [-0.25, -0.2) is 13.1 Å². The molecule has 1 heterocycles. The molecule has 1 aliphatic rings. The molecule has 1 unspecified atom stereocenters. The molecule has 0 aromatic heterocycles. The van der Waals surface area contributed by atoms with Crippen LogP contribution >= 0.6 is 24.0 Å². The van der Waals surface area contributed by atoms with Crippen molar-refractivity contribution < 1.29 is 13.3 Å². The van der Waals surface area contributed by atoms with E-state index in [2.05, 4.69) is 32.1 Å². The van der Waals surface area contributed by atoms with E-state index in [-0.39, 0.29) is 47.6 Å². The van der Waals surface area contributed by atoms with Gasteiger partial charge >= 0.3 is 0 Å². The molecule has 0 bridgehead atoms. The molecule has 3 rings (SSSR count). The van der Waals surface area contributed by atoms with Crippen molar-refractivity contribution in [2.75, 3.05) is 32.7 Å². The highest BCUT2D eigenvalue weighted by Gasteiger charge is 2.26. The molecular weight excluding hydrogens is 545 g/mol. The number of rotatable bonds is 8. The van der Waals surface area contributed by atoms with E-state index in [1.165, 1.54) is 23.8 Å². The Morgan fingerprint density at radius 1 is 1.22 bits per heavy atom. The summed E-state index contributed by atoms with van der Waals surface area (Å²) < 4.78 is 27.3. The topological polar surface area (TPSA) is 117 Å². The van der Waals surface area contributed by atoms with E-state index >= 15 is 0 Å². The van der Waals surface area contributed by atoms with Gasteiger partial charge in [0.15, 0.2) is 5.96 Å². The van der Waals surface area contributed by atoms with Crippen LogP contribution in [-0.4, -0.2) is 56.9 Å². The molecule has 1 atom stereocenters. The number of benzene rings is 2. The summed E-state index contributed by atoms with van der Waals surface area (Å²) in [5.74, 6) is 1.20. The fourth-order valence-corrected chi connectivity index (χ4v) is 4.63. The maximum absolute atomic E-state index is 12.4. The van der Waals surface area contributed by atoms with Crippen molar-refractivity contribution in [3.05, 3.63) is 70.3 Å². The summed E-state index contributed by atoms with van der Waals surface area (Å²) in [5.41, 5.74) is 1.04. The van der Waals surface area contributed by atoms with Crippen LogP contribution in [0.25, 0.3) is 0 Å². The number of guanidine groups is 1. The predicted octanol–water partition coefficient (Wildman–Crippen LogP) is 2.95. The van der Waals surface area contributed by atoms with Crippen LogP contribution in [0.3, 0.4) is 0 Å². The third-order valence-electron chi connectivity index (χ3n) is 5.10. The predicted molar refractivity (Wildman–Crippen MR) is 135 cm³/mol. The highest BCUT2D eigenvalue weighted by Crippen LogP contribution is 2.26. The Morgan fingerprint density at radius 3 is 2.66 bits per heavy atom. The average Bonchev–Trinajstić information content (AvgIpc) is 3.27. The first-order valence-electron chi connectivity index (χ1n) is 10.2. The summed E-state index contributed by atoms with van der Waals surface area (Å²) >= 11 is 0. The van der Waals surface area contributed by atoms with Crippen molar-refractivity contribution >= 4 is 45.6 Å². The Balaban J connectivity index is 0.00000363. The number of nitro groups is 1. The maximum Gasteiger partial charge on any atom is 0.270 e. The van der Waals surface area contributed by atoms with Gasteiger partial charge < -0.3 is 10.2 Å². The van der Waals surface area contributed by atoms with Crippen LogP contribution in [0.15, 0.2) is 64.5 Å². The number of aliphatic imine (C=N–C) groups is 1. The highest BCUT2D eigenvalue weighted by molar-refractivity contribution is 14.0. The van der Waals surface area contributed by atoms with Crippen molar-refractivity contribution in [3.8, 4) is 0 Å². The lowest BCUT2D eigenvalue weighted by molar-refractivity contribution is -0.385. The molecule has 32 heavy (non-hydrogen) atoms. The highest BCUT2D eigenvalue weighted by atomic mass is 127. The Kier molecular flexibility index (Phi) is 9.84. The molecule has 0 radical (unpaired) electrons.